The fourth-order valence-corrected chi connectivity index (χ4v) is 3.07. The van der Waals surface area contributed by atoms with Crippen LogP contribution in [-0.2, 0) is 14.8 Å². The maximum absolute atomic E-state index is 13.3. The lowest BCUT2D eigenvalue weighted by Gasteiger charge is -2.29. The molecule has 126 valence electrons. The van der Waals surface area contributed by atoms with Crippen LogP contribution in [0.1, 0.15) is 0 Å². The largest absolute Gasteiger partial charge is 0.481 e. The minimum absolute atomic E-state index is 0.108. The van der Waals surface area contributed by atoms with Crippen LogP contribution in [-0.4, -0.2) is 27.2 Å². The van der Waals surface area contributed by atoms with E-state index in [4.69, 9.17) is 16.3 Å². The van der Waals surface area contributed by atoms with Crippen LogP contribution in [0, 0.1) is 5.82 Å². The predicted molar refractivity (Wildman–Crippen MR) is 89.0 cm³/mol. The Morgan fingerprint density at radius 3 is 2.67 bits per heavy atom. The van der Waals surface area contributed by atoms with Crippen LogP contribution in [0.3, 0.4) is 0 Å². The number of ether oxygens (including phenoxy) is 1. The van der Waals surface area contributed by atoms with Crippen molar-refractivity contribution in [2.45, 2.75) is 0 Å². The van der Waals surface area contributed by atoms with Crippen LogP contribution < -0.4 is 14.4 Å². The second-order valence-corrected chi connectivity index (χ2v) is 7.33. The van der Waals surface area contributed by atoms with Crippen molar-refractivity contribution in [2.24, 2.45) is 0 Å². The molecule has 1 amide bonds. The Balaban J connectivity index is 2.04. The van der Waals surface area contributed by atoms with E-state index in [1.165, 1.54) is 41.3 Å². The fourth-order valence-electron chi connectivity index (χ4n) is 2.34. The number of fused-ring (bicyclic) bond motifs is 1. The average Bonchev–Trinajstić information content (AvgIpc) is 2.49. The summed E-state index contributed by atoms with van der Waals surface area (Å²) in [5.74, 6) is -0.619. The van der Waals surface area contributed by atoms with Crippen LogP contribution in [0.4, 0.5) is 21.5 Å². The number of carbonyl (C=O) groups is 1. The molecule has 0 fully saturated rings. The molecule has 1 aliphatic heterocycles. The number of hydrogen-bond acceptors (Lipinski definition) is 4. The highest BCUT2D eigenvalue weighted by Crippen LogP contribution is 2.39. The summed E-state index contributed by atoms with van der Waals surface area (Å²) in [6, 6.07) is 8.45. The normalized spacial score (nSPS) is 14.1. The highest BCUT2D eigenvalue weighted by Gasteiger charge is 2.28. The summed E-state index contributed by atoms with van der Waals surface area (Å²) >= 11 is 5.78. The number of rotatable bonds is 3. The number of halogens is 2. The molecule has 2 aromatic carbocycles. The Labute approximate surface area is 142 Å². The van der Waals surface area contributed by atoms with Crippen molar-refractivity contribution < 1.29 is 22.3 Å². The van der Waals surface area contributed by atoms with Gasteiger partial charge in [-0.2, -0.15) is 0 Å². The van der Waals surface area contributed by atoms with Crippen LogP contribution in [0.2, 0.25) is 5.02 Å². The number of nitrogens with zero attached hydrogens (tertiary/aromatic N) is 1. The quantitative estimate of drug-likeness (QED) is 0.901. The van der Waals surface area contributed by atoms with E-state index in [2.05, 4.69) is 4.72 Å². The summed E-state index contributed by atoms with van der Waals surface area (Å²) < 4.78 is 43.7. The van der Waals surface area contributed by atoms with E-state index in [0.717, 1.165) is 6.26 Å². The van der Waals surface area contributed by atoms with Crippen molar-refractivity contribution in [1.29, 1.82) is 0 Å². The van der Waals surface area contributed by atoms with Gasteiger partial charge in [-0.05, 0) is 30.3 Å². The third-order valence-electron chi connectivity index (χ3n) is 3.27. The SMILES string of the molecule is CS(=O)(=O)Nc1ccc2c(c1)OCC(=O)N2c1ccc(F)c(Cl)c1. The molecule has 0 saturated carbocycles. The molecule has 0 spiro atoms. The Morgan fingerprint density at radius 2 is 2.00 bits per heavy atom. The Bertz CT molecular complexity index is 933. The zero-order valence-corrected chi connectivity index (χ0v) is 14.0. The Kier molecular flexibility index (Phi) is 4.10. The molecule has 0 aliphatic carbocycles. The van der Waals surface area contributed by atoms with Gasteiger partial charge < -0.3 is 4.74 Å². The maximum Gasteiger partial charge on any atom is 0.269 e. The van der Waals surface area contributed by atoms with E-state index in [0.29, 0.717) is 22.8 Å². The number of anilines is 3. The van der Waals surface area contributed by atoms with Gasteiger partial charge >= 0.3 is 0 Å². The standard InChI is InChI=1S/C15H12ClFN2O4S/c1-24(21,22)18-9-2-5-13-14(6-9)23-8-15(20)19(13)10-3-4-12(17)11(16)7-10/h2-7,18H,8H2,1H3. The molecule has 2 aromatic rings. The average molecular weight is 371 g/mol. The minimum atomic E-state index is -3.44. The summed E-state index contributed by atoms with van der Waals surface area (Å²) in [6.45, 7) is -0.232. The first-order valence-corrected chi connectivity index (χ1v) is 9.04. The monoisotopic (exact) mass is 370 g/mol. The van der Waals surface area contributed by atoms with Gasteiger partial charge in [0.15, 0.2) is 6.61 Å². The van der Waals surface area contributed by atoms with Crippen molar-refractivity contribution in [1.82, 2.24) is 0 Å². The van der Waals surface area contributed by atoms with Gasteiger partial charge in [0.05, 0.1) is 28.3 Å². The molecule has 0 aromatic heterocycles. The minimum Gasteiger partial charge on any atom is -0.481 e. The van der Waals surface area contributed by atoms with Crippen molar-refractivity contribution in [3.8, 4) is 5.75 Å². The molecule has 0 bridgehead atoms. The molecule has 24 heavy (non-hydrogen) atoms. The van der Waals surface area contributed by atoms with E-state index in [1.807, 2.05) is 0 Å². The lowest BCUT2D eigenvalue weighted by molar-refractivity contribution is -0.120. The highest BCUT2D eigenvalue weighted by molar-refractivity contribution is 7.92. The summed E-state index contributed by atoms with van der Waals surface area (Å²) in [5.41, 5.74) is 1.11. The Hall–Kier alpha value is -2.32. The number of nitrogens with one attached hydrogen (secondary N) is 1. The van der Waals surface area contributed by atoms with Gasteiger partial charge in [-0.3, -0.25) is 14.4 Å². The third kappa shape index (κ3) is 3.29. The maximum atomic E-state index is 13.3. The van der Waals surface area contributed by atoms with Gasteiger partial charge in [0.25, 0.3) is 5.91 Å². The van der Waals surface area contributed by atoms with Crippen molar-refractivity contribution in [3.63, 3.8) is 0 Å². The van der Waals surface area contributed by atoms with Gasteiger partial charge in [-0.15, -0.1) is 0 Å². The first-order valence-electron chi connectivity index (χ1n) is 6.77. The van der Waals surface area contributed by atoms with Crippen LogP contribution >= 0.6 is 11.6 Å². The van der Waals surface area contributed by atoms with Crippen LogP contribution in [0.5, 0.6) is 5.75 Å². The number of hydrogen-bond donors (Lipinski definition) is 1. The van der Waals surface area contributed by atoms with Gasteiger partial charge in [-0.25, -0.2) is 12.8 Å². The molecule has 0 radical (unpaired) electrons. The highest BCUT2D eigenvalue weighted by atomic mass is 35.5. The van der Waals surface area contributed by atoms with E-state index < -0.39 is 15.8 Å². The molecule has 0 unspecified atom stereocenters. The van der Waals surface area contributed by atoms with E-state index >= 15 is 0 Å². The molecule has 9 heteroatoms. The van der Waals surface area contributed by atoms with Crippen molar-refractivity contribution in [2.75, 3.05) is 22.5 Å². The number of sulfonamides is 1. The van der Waals surface area contributed by atoms with Gasteiger partial charge in [0.1, 0.15) is 11.6 Å². The first kappa shape index (κ1) is 16.5. The fraction of sp³-hybridized carbons (Fsp3) is 0.133. The van der Waals surface area contributed by atoms with Crippen molar-refractivity contribution >= 4 is 44.6 Å². The number of amides is 1. The number of carbonyl (C=O) groups excluding carboxylic acids is 1. The van der Waals surface area contributed by atoms with Crippen molar-refractivity contribution in [3.05, 3.63) is 47.2 Å². The summed E-state index contributed by atoms with van der Waals surface area (Å²) in [6.07, 6.45) is 1.03. The zero-order chi connectivity index (χ0) is 17.5. The number of benzene rings is 2. The molecule has 3 rings (SSSR count). The predicted octanol–water partition coefficient (Wildman–Crippen LogP) is 2.91. The molecule has 1 N–H and O–H groups in total. The summed E-state index contributed by atoms with van der Waals surface area (Å²) in [5, 5.41) is -0.108. The molecule has 0 atom stereocenters. The van der Waals surface area contributed by atoms with Gasteiger partial charge in [0.2, 0.25) is 10.0 Å². The van der Waals surface area contributed by atoms with E-state index in [9.17, 15) is 17.6 Å². The molecule has 6 nitrogen and oxygen atoms in total. The summed E-state index contributed by atoms with van der Waals surface area (Å²) in [4.78, 5) is 13.6. The molecule has 0 saturated heterocycles. The Morgan fingerprint density at radius 1 is 1.25 bits per heavy atom. The lowest BCUT2D eigenvalue weighted by atomic mass is 10.2. The smallest absolute Gasteiger partial charge is 0.269 e. The zero-order valence-electron chi connectivity index (χ0n) is 12.4. The first-order chi connectivity index (χ1) is 11.2. The second kappa shape index (κ2) is 5.95. The topological polar surface area (TPSA) is 75.7 Å². The van der Waals surface area contributed by atoms with E-state index in [-0.39, 0.29) is 17.5 Å². The molecular weight excluding hydrogens is 359 g/mol. The van der Waals surface area contributed by atoms with Crippen LogP contribution in [0.25, 0.3) is 0 Å². The lowest BCUT2D eigenvalue weighted by Crippen LogP contribution is -2.35. The molecule has 1 heterocycles. The van der Waals surface area contributed by atoms with Gasteiger partial charge in [-0.1, -0.05) is 11.6 Å². The van der Waals surface area contributed by atoms with E-state index in [1.54, 1.807) is 0 Å². The summed E-state index contributed by atoms with van der Waals surface area (Å²) in [7, 11) is -3.44. The molecular formula is C15H12ClFN2O4S. The molecule has 1 aliphatic rings. The third-order valence-corrected chi connectivity index (χ3v) is 4.16. The second-order valence-electron chi connectivity index (χ2n) is 5.17. The van der Waals surface area contributed by atoms with Crippen LogP contribution in [0.15, 0.2) is 36.4 Å². The van der Waals surface area contributed by atoms with Gasteiger partial charge in [0, 0.05) is 6.07 Å².